The molecule has 0 atom stereocenters. The molecule has 0 saturated heterocycles. The van der Waals surface area contributed by atoms with Crippen LogP contribution in [0.25, 0.3) is 0 Å². The number of aryl methyl sites for hydroxylation is 1. The number of aromatic nitrogens is 2. The number of nitrogens with one attached hydrogen (secondary N) is 1. The summed E-state index contributed by atoms with van der Waals surface area (Å²) < 4.78 is 7.65. The van der Waals surface area contributed by atoms with Crippen molar-refractivity contribution in [1.29, 1.82) is 0 Å². The van der Waals surface area contributed by atoms with Gasteiger partial charge in [0.2, 0.25) is 0 Å². The standard InChI is InChI=1S/C13H19N3O/c1-3-4-13-15-6-7-16(13)10-11-5-8-17-12(11)9-14-2/h5-8,14H,3-4,9-10H2,1-2H3. The lowest BCUT2D eigenvalue weighted by Crippen LogP contribution is -2.09. The Morgan fingerprint density at radius 1 is 1.47 bits per heavy atom. The molecule has 0 saturated carbocycles. The fourth-order valence-corrected chi connectivity index (χ4v) is 1.94. The van der Waals surface area contributed by atoms with Gasteiger partial charge in [0.1, 0.15) is 11.6 Å². The van der Waals surface area contributed by atoms with Crippen molar-refractivity contribution in [1.82, 2.24) is 14.9 Å². The molecule has 2 rings (SSSR count). The lowest BCUT2D eigenvalue weighted by atomic mass is 10.2. The second-order valence-corrected chi connectivity index (χ2v) is 4.12. The molecule has 0 amide bonds. The molecule has 0 aliphatic heterocycles. The molecule has 0 aromatic carbocycles. The molecule has 2 heterocycles. The first-order chi connectivity index (χ1) is 8.35. The van der Waals surface area contributed by atoms with Crippen LogP contribution in [-0.2, 0) is 19.5 Å². The molecule has 4 nitrogen and oxygen atoms in total. The molecular formula is C13H19N3O. The summed E-state index contributed by atoms with van der Waals surface area (Å²) in [5, 5.41) is 3.11. The molecule has 0 unspecified atom stereocenters. The average molecular weight is 233 g/mol. The highest BCUT2D eigenvalue weighted by atomic mass is 16.3. The van der Waals surface area contributed by atoms with Crippen LogP contribution in [0.4, 0.5) is 0 Å². The predicted molar refractivity (Wildman–Crippen MR) is 66.8 cm³/mol. The highest BCUT2D eigenvalue weighted by Gasteiger charge is 2.08. The zero-order valence-electron chi connectivity index (χ0n) is 10.4. The molecule has 4 heteroatoms. The maximum atomic E-state index is 5.46. The minimum atomic E-state index is 0.764. The molecule has 1 N–H and O–H groups in total. The van der Waals surface area contributed by atoms with Crippen LogP contribution < -0.4 is 5.32 Å². The Kier molecular flexibility index (Phi) is 3.98. The van der Waals surface area contributed by atoms with Crippen molar-refractivity contribution in [2.45, 2.75) is 32.9 Å². The molecule has 0 aliphatic rings. The maximum absolute atomic E-state index is 5.46. The van der Waals surface area contributed by atoms with E-state index in [0.29, 0.717) is 0 Å². The maximum Gasteiger partial charge on any atom is 0.122 e. The Hall–Kier alpha value is -1.55. The van der Waals surface area contributed by atoms with Crippen molar-refractivity contribution in [3.05, 3.63) is 41.9 Å². The van der Waals surface area contributed by atoms with E-state index < -0.39 is 0 Å². The quantitative estimate of drug-likeness (QED) is 0.831. The largest absolute Gasteiger partial charge is 0.468 e. The summed E-state index contributed by atoms with van der Waals surface area (Å²) in [5.41, 5.74) is 1.22. The van der Waals surface area contributed by atoms with Crippen LogP contribution in [0.3, 0.4) is 0 Å². The van der Waals surface area contributed by atoms with E-state index in [2.05, 4.69) is 21.8 Å². The first-order valence-corrected chi connectivity index (χ1v) is 6.05. The zero-order chi connectivity index (χ0) is 12.1. The van der Waals surface area contributed by atoms with E-state index >= 15 is 0 Å². The van der Waals surface area contributed by atoms with Gasteiger partial charge < -0.3 is 14.3 Å². The minimum absolute atomic E-state index is 0.764. The zero-order valence-corrected chi connectivity index (χ0v) is 10.4. The Balaban J connectivity index is 2.13. The summed E-state index contributed by atoms with van der Waals surface area (Å²) >= 11 is 0. The van der Waals surface area contributed by atoms with E-state index in [1.165, 1.54) is 5.56 Å². The van der Waals surface area contributed by atoms with E-state index in [1.54, 1.807) is 6.26 Å². The van der Waals surface area contributed by atoms with E-state index in [-0.39, 0.29) is 0 Å². The fraction of sp³-hybridized carbons (Fsp3) is 0.462. The van der Waals surface area contributed by atoms with Gasteiger partial charge in [-0.15, -0.1) is 0 Å². The molecule has 0 fully saturated rings. The van der Waals surface area contributed by atoms with Crippen LogP contribution in [-0.4, -0.2) is 16.6 Å². The third kappa shape index (κ3) is 2.77. The Morgan fingerprint density at radius 2 is 2.35 bits per heavy atom. The van der Waals surface area contributed by atoms with Crippen molar-refractivity contribution < 1.29 is 4.42 Å². The van der Waals surface area contributed by atoms with Crippen molar-refractivity contribution in [2.24, 2.45) is 0 Å². The lowest BCUT2D eigenvalue weighted by Gasteiger charge is -2.07. The summed E-state index contributed by atoms with van der Waals surface area (Å²) in [6.07, 6.45) is 7.78. The van der Waals surface area contributed by atoms with Crippen LogP contribution in [0, 0.1) is 0 Å². The Morgan fingerprint density at radius 3 is 3.12 bits per heavy atom. The van der Waals surface area contributed by atoms with Gasteiger partial charge in [0.15, 0.2) is 0 Å². The van der Waals surface area contributed by atoms with Gasteiger partial charge in [-0.1, -0.05) is 6.92 Å². The summed E-state index contributed by atoms with van der Waals surface area (Å²) in [6.45, 7) is 3.77. The van der Waals surface area contributed by atoms with Gasteiger partial charge in [-0.05, 0) is 19.5 Å². The number of hydrogen-bond donors (Lipinski definition) is 1. The van der Waals surface area contributed by atoms with E-state index in [4.69, 9.17) is 4.42 Å². The SMILES string of the molecule is CCCc1nccn1Cc1ccoc1CNC. The third-order valence-electron chi connectivity index (χ3n) is 2.79. The molecule has 2 aromatic rings. The molecule has 92 valence electrons. The number of nitrogens with zero attached hydrogens (tertiary/aromatic N) is 2. The molecule has 0 bridgehead atoms. The predicted octanol–water partition coefficient (Wildman–Crippen LogP) is 2.20. The second-order valence-electron chi connectivity index (χ2n) is 4.12. The van der Waals surface area contributed by atoms with Gasteiger partial charge >= 0.3 is 0 Å². The smallest absolute Gasteiger partial charge is 0.122 e. The first kappa shape index (κ1) is 11.9. The van der Waals surface area contributed by atoms with E-state index in [1.807, 2.05) is 25.5 Å². The number of furan rings is 1. The number of hydrogen-bond acceptors (Lipinski definition) is 3. The van der Waals surface area contributed by atoms with Crippen LogP contribution >= 0.6 is 0 Å². The molecule has 0 spiro atoms. The van der Waals surface area contributed by atoms with Gasteiger partial charge in [0, 0.05) is 24.4 Å². The fourth-order valence-electron chi connectivity index (χ4n) is 1.94. The van der Waals surface area contributed by atoms with Crippen molar-refractivity contribution in [2.75, 3.05) is 7.05 Å². The summed E-state index contributed by atoms with van der Waals surface area (Å²) in [7, 11) is 1.92. The average Bonchev–Trinajstić information content (AvgIpc) is 2.92. The van der Waals surface area contributed by atoms with Gasteiger partial charge in [-0.3, -0.25) is 0 Å². The number of rotatable bonds is 6. The Bertz CT molecular complexity index is 416. The van der Waals surface area contributed by atoms with Gasteiger partial charge in [0.05, 0.1) is 19.4 Å². The minimum Gasteiger partial charge on any atom is -0.468 e. The van der Waals surface area contributed by atoms with Gasteiger partial charge in [-0.25, -0.2) is 4.98 Å². The molecule has 17 heavy (non-hydrogen) atoms. The molecular weight excluding hydrogens is 214 g/mol. The molecule has 0 aliphatic carbocycles. The monoisotopic (exact) mass is 233 g/mol. The second kappa shape index (κ2) is 5.68. The van der Waals surface area contributed by atoms with E-state index in [9.17, 15) is 0 Å². The third-order valence-corrected chi connectivity index (χ3v) is 2.79. The van der Waals surface area contributed by atoms with Crippen LogP contribution in [0.15, 0.2) is 29.1 Å². The highest BCUT2D eigenvalue weighted by Crippen LogP contribution is 2.13. The van der Waals surface area contributed by atoms with Crippen LogP contribution in [0.1, 0.15) is 30.5 Å². The van der Waals surface area contributed by atoms with Crippen LogP contribution in [0.5, 0.6) is 0 Å². The molecule has 2 aromatic heterocycles. The van der Waals surface area contributed by atoms with Gasteiger partial charge in [-0.2, -0.15) is 0 Å². The Labute approximate surface area is 102 Å². The van der Waals surface area contributed by atoms with Crippen LogP contribution in [0.2, 0.25) is 0 Å². The lowest BCUT2D eigenvalue weighted by molar-refractivity contribution is 0.488. The van der Waals surface area contributed by atoms with E-state index in [0.717, 1.165) is 37.5 Å². The summed E-state index contributed by atoms with van der Waals surface area (Å²) in [4.78, 5) is 4.38. The summed E-state index contributed by atoms with van der Waals surface area (Å²) in [5.74, 6) is 2.15. The normalized spacial score (nSPS) is 10.9. The van der Waals surface area contributed by atoms with Gasteiger partial charge in [0.25, 0.3) is 0 Å². The molecule has 0 radical (unpaired) electrons. The number of imidazole rings is 1. The van der Waals surface area contributed by atoms with Crippen molar-refractivity contribution >= 4 is 0 Å². The van der Waals surface area contributed by atoms with Crippen molar-refractivity contribution in [3.63, 3.8) is 0 Å². The first-order valence-electron chi connectivity index (χ1n) is 6.05. The summed E-state index contributed by atoms with van der Waals surface area (Å²) in [6, 6.07) is 2.03. The highest BCUT2D eigenvalue weighted by molar-refractivity contribution is 5.18. The topological polar surface area (TPSA) is 43.0 Å². The van der Waals surface area contributed by atoms with Crippen molar-refractivity contribution in [3.8, 4) is 0 Å².